The van der Waals surface area contributed by atoms with Crippen molar-refractivity contribution >= 4 is 27.7 Å². The Morgan fingerprint density at radius 2 is 1.85 bits per heavy atom. The van der Waals surface area contributed by atoms with Crippen molar-refractivity contribution in [2.24, 2.45) is 7.05 Å². The zero-order valence-electron chi connectivity index (χ0n) is 15.8. The number of carbonyl (C=O) groups is 1. The molecule has 7 nitrogen and oxygen atoms in total. The SMILES string of the molecule is Cc1ccc(S(=O)(=O)N2CCN(C(=O)CSc3nccn3C)CC2)cc1C. The minimum Gasteiger partial charge on any atom is -0.339 e. The van der Waals surface area contributed by atoms with Crippen LogP contribution in [0.5, 0.6) is 0 Å². The second kappa shape index (κ2) is 8.04. The molecule has 27 heavy (non-hydrogen) atoms. The van der Waals surface area contributed by atoms with Crippen molar-refractivity contribution in [2.75, 3.05) is 31.9 Å². The Hall–Kier alpha value is -1.84. The predicted molar refractivity (Wildman–Crippen MR) is 105 cm³/mol. The molecule has 1 saturated heterocycles. The van der Waals surface area contributed by atoms with Gasteiger partial charge in [-0.3, -0.25) is 4.79 Å². The van der Waals surface area contributed by atoms with E-state index in [1.165, 1.54) is 16.1 Å². The first-order chi connectivity index (χ1) is 12.8. The lowest BCUT2D eigenvalue weighted by Gasteiger charge is -2.34. The highest BCUT2D eigenvalue weighted by Gasteiger charge is 2.30. The van der Waals surface area contributed by atoms with E-state index in [2.05, 4.69) is 4.98 Å². The standard InChI is InChI=1S/C18H24N4O3S2/c1-14-4-5-16(12-15(14)2)27(24,25)22-10-8-21(9-11-22)17(23)13-26-18-19-6-7-20(18)3/h4-7,12H,8-11,13H2,1-3H3. The number of benzene rings is 1. The molecule has 3 rings (SSSR count). The fourth-order valence-electron chi connectivity index (χ4n) is 2.91. The van der Waals surface area contributed by atoms with E-state index in [9.17, 15) is 13.2 Å². The Labute approximate surface area is 164 Å². The number of aryl methyl sites for hydroxylation is 3. The van der Waals surface area contributed by atoms with Crippen LogP contribution in [0.25, 0.3) is 0 Å². The fraction of sp³-hybridized carbons (Fsp3) is 0.444. The van der Waals surface area contributed by atoms with Crippen molar-refractivity contribution in [2.45, 2.75) is 23.9 Å². The summed E-state index contributed by atoms with van der Waals surface area (Å²) in [4.78, 5) is 18.6. The van der Waals surface area contributed by atoms with Gasteiger partial charge in [0.1, 0.15) is 0 Å². The van der Waals surface area contributed by atoms with Crippen LogP contribution in [0.1, 0.15) is 11.1 Å². The van der Waals surface area contributed by atoms with Crippen molar-refractivity contribution in [3.05, 3.63) is 41.7 Å². The first kappa shape index (κ1) is 19.9. The van der Waals surface area contributed by atoms with Gasteiger partial charge in [-0.1, -0.05) is 17.8 Å². The Morgan fingerprint density at radius 1 is 1.15 bits per heavy atom. The van der Waals surface area contributed by atoms with Gasteiger partial charge in [-0.25, -0.2) is 13.4 Å². The predicted octanol–water partition coefficient (Wildman–Crippen LogP) is 1.66. The summed E-state index contributed by atoms with van der Waals surface area (Å²) in [6, 6.07) is 5.20. The fourth-order valence-corrected chi connectivity index (χ4v) is 5.25. The van der Waals surface area contributed by atoms with E-state index >= 15 is 0 Å². The van der Waals surface area contributed by atoms with Crippen LogP contribution in [-0.2, 0) is 21.9 Å². The van der Waals surface area contributed by atoms with E-state index in [-0.39, 0.29) is 5.91 Å². The molecular formula is C18H24N4O3S2. The maximum Gasteiger partial charge on any atom is 0.243 e. The lowest BCUT2D eigenvalue weighted by molar-refractivity contribution is -0.129. The van der Waals surface area contributed by atoms with Crippen LogP contribution in [0, 0.1) is 13.8 Å². The molecule has 1 aromatic carbocycles. The molecule has 0 aliphatic carbocycles. The molecule has 0 spiro atoms. The number of thioether (sulfide) groups is 1. The van der Waals surface area contributed by atoms with E-state index < -0.39 is 10.0 Å². The molecule has 2 aromatic rings. The molecule has 1 fully saturated rings. The van der Waals surface area contributed by atoms with Gasteiger partial charge in [0.2, 0.25) is 15.9 Å². The number of piperazine rings is 1. The van der Waals surface area contributed by atoms with Crippen LogP contribution in [0.2, 0.25) is 0 Å². The number of hydrogen-bond acceptors (Lipinski definition) is 5. The van der Waals surface area contributed by atoms with Gasteiger partial charge < -0.3 is 9.47 Å². The van der Waals surface area contributed by atoms with E-state index in [4.69, 9.17) is 0 Å². The molecule has 146 valence electrons. The number of aromatic nitrogens is 2. The van der Waals surface area contributed by atoms with Gasteiger partial charge in [0.15, 0.2) is 5.16 Å². The highest BCUT2D eigenvalue weighted by molar-refractivity contribution is 7.99. The third kappa shape index (κ3) is 4.36. The number of rotatable bonds is 5. The normalized spacial score (nSPS) is 15.9. The monoisotopic (exact) mass is 408 g/mol. The molecule has 0 N–H and O–H groups in total. The van der Waals surface area contributed by atoms with Crippen LogP contribution in [-0.4, -0.2) is 65.0 Å². The minimum absolute atomic E-state index is 0.00577. The van der Waals surface area contributed by atoms with E-state index in [1.807, 2.05) is 37.7 Å². The first-order valence-corrected chi connectivity index (χ1v) is 11.2. The smallest absolute Gasteiger partial charge is 0.243 e. The highest BCUT2D eigenvalue weighted by atomic mass is 32.2. The average molecular weight is 409 g/mol. The Kier molecular flexibility index (Phi) is 5.92. The molecular weight excluding hydrogens is 384 g/mol. The summed E-state index contributed by atoms with van der Waals surface area (Å²) >= 11 is 1.39. The Morgan fingerprint density at radius 3 is 2.44 bits per heavy atom. The van der Waals surface area contributed by atoms with E-state index in [0.717, 1.165) is 16.3 Å². The lowest BCUT2D eigenvalue weighted by Crippen LogP contribution is -2.51. The van der Waals surface area contributed by atoms with Crippen molar-refractivity contribution in [1.29, 1.82) is 0 Å². The van der Waals surface area contributed by atoms with Crippen molar-refractivity contribution in [1.82, 2.24) is 18.8 Å². The maximum absolute atomic E-state index is 12.9. The van der Waals surface area contributed by atoms with Crippen molar-refractivity contribution in [3.63, 3.8) is 0 Å². The second-order valence-electron chi connectivity index (χ2n) is 6.64. The number of nitrogens with zero attached hydrogens (tertiary/aromatic N) is 4. The van der Waals surface area contributed by atoms with Gasteiger partial charge in [0.25, 0.3) is 0 Å². The van der Waals surface area contributed by atoms with Crippen LogP contribution >= 0.6 is 11.8 Å². The molecule has 1 aromatic heterocycles. The largest absolute Gasteiger partial charge is 0.339 e. The Balaban J connectivity index is 1.58. The molecule has 0 saturated carbocycles. The van der Waals surface area contributed by atoms with Gasteiger partial charge in [0, 0.05) is 45.6 Å². The van der Waals surface area contributed by atoms with Crippen LogP contribution in [0.4, 0.5) is 0 Å². The number of sulfonamides is 1. The molecule has 1 aliphatic heterocycles. The summed E-state index contributed by atoms with van der Waals surface area (Å²) in [5.41, 5.74) is 2.02. The lowest BCUT2D eigenvalue weighted by atomic mass is 10.1. The molecule has 1 aliphatic rings. The third-order valence-corrected chi connectivity index (χ3v) is 7.75. The van der Waals surface area contributed by atoms with Gasteiger partial charge in [-0.2, -0.15) is 4.31 Å². The molecule has 0 radical (unpaired) electrons. The first-order valence-electron chi connectivity index (χ1n) is 8.74. The summed E-state index contributed by atoms with van der Waals surface area (Å²) in [6.45, 7) is 5.31. The van der Waals surface area contributed by atoms with Gasteiger partial charge in [0.05, 0.1) is 10.6 Å². The summed E-state index contributed by atoms with van der Waals surface area (Å²) in [5, 5.41) is 0.791. The van der Waals surface area contributed by atoms with Gasteiger partial charge >= 0.3 is 0 Å². The number of amides is 1. The molecule has 0 atom stereocenters. The number of hydrogen-bond donors (Lipinski definition) is 0. The van der Waals surface area contributed by atoms with E-state index in [1.54, 1.807) is 23.2 Å². The van der Waals surface area contributed by atoms with Gasteiger partial charge in [-0.15, -0.1) is 0 Å². The molecule has 0 unspecified atom stereocenters. The number of carbonyl (C=O) groups excluding carboxylic acids is 1. The third-order valence-electron chi connectivity index (χ3n) is 4.81. The molecule has 1 amide bonds. The molecule has 9 heteroatoms. The zero-order chi connectivity index (χ0) is 19.6. The highest BCUT2D eigenvalue weighted by Crippen LogP contribution is 2.21. The molecule has 2 heterocycles. The number of imidazole rings is 1. The quantitative estimate of drug-likeness (QED) is 0.704. The summed E-state index contributed by atoms with van der Waals surface area (Å²) in [5.74, 6) is 0.306. The van der Waals surface area contributed by atoms with Crippen molar-refractivity contribution < 1.29 is 13.2 Å². The van der Waals surface area contributed by atoms with Crippen molar-refractivity contribution in [3.8, 4) is 0 Å². The molecule has 0 bridgehead atoms. The summed E-state index contributed by atoms with van der Waals surface area (Å²) < 4.78 is 29.0. The zero-order valence-corrected chi connectivity index (χ0v) is 17.4. The summed E-state index contributed by atoms with van der Waals surface area (Å²) in [6.07, 6.45) is 3.53. The van der Waals surface area contributed by atoms with Crippen LogP contribution in [0.3, 0.4) is 0 Å². The topological polar surface area (TPSA) is 75.5 Å². The van der Waals surface area contributed by atoms with Crippen LogP contribution in [0.15, 0.2) is 40.6 Å². The second-order valence-corrected chi connectivity index (χ2v) is 9.52. The van der Waals surface area contributed by atoms with Gasteiger partial charge in [-0.05, 0) is 37.1 Å². The maximum atomic E-state index is 12.9. The summed E-state index contributed by atoms with van der Waals surface area (Å²) in [7, 11) is -1.64. The van der Waals surface area contributed by atoms with Crippen LogP contribution < -0.4 is 0 Å². The van der Waals surface area contributed by atoms with E-state index in [0.29, 0.717) is 36.8 Å². The average Bonchev–Trinajstić information content (AvgIpc) is 3.07. The minimum atomic E-state index is -3.53. The Bertz CT molecular complexity index is 932.